The van der Waals surface area contributed by atoms with Gasteiger partial charge in [-0.15, -0.1) is 0 Å². The van der Waals surface area contributed by atoms with Gasteiger partial charge >= 0.3 is 0 Å². The highest BCUT2D eigenvalue weighted by molar-refractivity contribution is 5.92. The Morgan fingerprint density at radius 2 is 1.92 bits per heavy atom. The minimum atomic E-state index is -0.181. The molecule has 1 aromatic carbocycles. The van der Waals surface area contributed by atoms with Gasteiger partial charge in [-0.25, -0.2) is 0 Å². The summed E-state index contributed by atoms with van der Waals surface area (Å²) in [5.41, 5.74) is 1.58. The van der Waals surface area contributed by atoms with E-state index in [-0.39, 0.29) is 17.9 Å². The Balaban J connectivity index is 1.46. The quantitative estimate of drug-likeness (QED) is 0.916. The third-order valence-electron chi connectivity index (χ3n) is 4.24. The number of hydrogen-bond acceptors (Lipinski definition) is 3. The molecule has 1 aliphatic rings. The highest BCUT2D eigenvalue weighted by Crippen LogP contribution is 2.13. The third kappa shape index (κ3) is 4.19. The van der Waals surface area contributed by atoms with Gasteiger partial charge in [-0.05, 0) is 30.5 Å². The molecule has 1 N–H and O–H groups in total. The molecule has 24 heavy (non-hydrogen) atoms. The molecule has 1 atom stereocenters. The van der Waals surface area contributed by atoms with Crippen LogP contribution in [0.3, 0.4) is 0 Å². The van der Waals surface area contributed by atoms with E-state index in [0.29, 0.717) is 25.2 Å². The molecule has 1 unspecified atom stereocenters. The van der Waals surface area contributed by atoms with Crippen molar-refractivity contribution in [3.63, 3.8) is 0 Å². The number of carbonyl (C=O) groups excluding carboxylic acids is 2. The second kappa shape index (κ2) is 7.73. The smallest absolute Gasteiger partial charge is 0.270 e. The molecule has 0 aliphatic carbocycles. The fourth-order valence-corrected chi connectivity index (χ4v) is 2.92. The zero-order valence-electron chi connectivity index (χ0n) is 13.5. The van der Waals surface area contributed by atoms with Gasteiger partial charge in [0.25, 0.3) is 5.91 Å². The van der Waals surface area contributed by atoms with Crippen molar-refractivity contribution in [1.29, 1.82) is 0 Å². The summed E-state index contributed by atoms with van der Waals surface area (Å²) in [6.07, 6.45) is 3.64. The summed E-state index contributed by atoms with van der Waals surface area (Å²) < 4.78 is 0. The van der Waals surface area contributed by atoms with Crippen molar-refractivity contribution in [2.45, 2.75) is 25.3 Å². The second-order valence-electron chi connectivity index (χ2n) is 6.00. The predicted octanol–water partition coefficient (Wildman–Crippen LogP) is 2.05. The summed E-state index contributed by atoms with van der Waals surface area (Å²) in [5.74, 6) is -0.0346. The Bertz CT molecular complexity index is 688. The van der Waals surface area contributed by atoms with Gasteiger partial charge in [0.05, 0.1) is 0 Å². The molecule has 1 aliphatic heterocycles. The van der Waals surface area contributed by atoms with E-state index in [9.17, 15) is 9.59 Å². The monoisotopic (exact) mass is 323 g/mol. The molecule has 0 saturated carbocycles. The van der Waals surface area contributed by atoms with E-state index in [1.54, 1.807) is 24.4 Å². The van der Waals surface area contributed by atoms with E-state index in [0.717, 1.165) is 12.8 Å². The van der Waals surface area contributed by atoms with Gasteiger partial charge < -0.3 is 10.2 Å². The number of rotatable bonds is 5. The van der Waals surface area contributed by atoms with Crippen molar-refractivity contribution in [2.24, 2.45) is 0 Å². The van der Waals surface area contributed by atoms with E-state index >= 15 is 0 Å². The minimum absolute atomic E-state index is 0.000168. The number of amides is 2. The molecule has 1 aromatic heterocycles. The maximum atomic E-state index is 12.3. The van der Waals surface area contributed by atoms with Crippen molar-refractivity contribution in [3.05, 3.63) is 66.0 Å². The van der Waals surface area contributed by atoms with Crippen LogP contribution in [0.15, 0.2) is 54.7 Å². The Morgan fingerprint density at radius 3 is 2.67 bits per heavy atom. The van der Waals surface area contributed by atoms with Crippen LogP contribution in [0.2, 0.25) is 0 Å². The molecule has 5 nitrogen and oxygen atoms in total. The van der Waals surface area contributed by atoms with E-state index < -0.39 is 0 Å². The van der Waals surface area contributed by atoms with Crippen LogP contribution in [0.4, 0.5) is 0 Å². The van der Waals surface area contributed by atoms with Gasteiger partial charge in [0.2, 0.25) is 5.91 Å². The summed E-state index contributed by atoms with van der Waals surface area (Å²) in [6, 6.07) is 15.3. The third-order valence-corrected chi connectivity index (χ3v) is 4.24. The molecule has 1 saturated heterocycles. The number of nitrogens with zero attached hydrogens (tertiary/aromatic N) is 2. The highest BCUT2D eigenvalue weighted by Gasteiger charge is 2.27. The van der Waals surface area contributed by atoms with Crippen LogP contribution >= 0.6 is 0 Å². The summed E-state index contributed by atoms with van der Waals surface area (Å²) in [5, 5.41) is 2.96. The largest absolute Gasteiger partial charge is 0.346 e. The number of pyridine rings is 1. The fraction of sp³-hybridized carbons (Fsp3) is 0.316. The molecule has 5 heteroatoms. The van der Waals surface area contributed by atoms with Gasteiger partial charge in [-0.2, -0.15) is 0 Å². The van der Waals surface area contributed by atoms with Gasteiger partial charge in [-0.1, -0.05) is 36.4 Å². The van der Waals surface area contributed by atoms with E-state index in [4.69, 9.17) is 0 Å². The first-order valence-electron chi connectivity index (χ1n) is 8.26. The molecule has 0 spiro atoms. The average molecular weight is 323 g/mol. The number of aromatic nitrogens is 1. The Hall–Kier alpha value is -2.69. The van der Waals surface area contributed by atoms with Gasteiger partial charge in [0, 0.05) is 31.7 Å². The number of benzene rings is 1. The van der Waals surface area contributed by atoms with Crippen molar-refractivity contribution in [1.82, 2.24) is 15.2 Å². The van der Waals surface area contributed by atoms with Crippen LogP contribution in [-0.4, -0.2) is 40.8 Å². The second-order valence-corrected chi connectivity index (χ2v) is 6.00. The number of carbonyl (C=O) groups is 2. The Morgan fingerprint density at radius 1 is 1.12 bits per heavy atom. The maximum Gasteiger partial charge on any atom is 0.270 e. The zero-order valence-corrected chi connectivity index (χ0v) is 13.5. The fourth-order valence-electron chi connectivity index (χ4n) is 2.92. The lowest BCUT2D eigenvalue weighted by atomic mass is 10.1. The van der Waals surface area contributed by atoms with Crippen LogP contribution in [0, 0.1) is 0 Å². The standard InChI is InChI=1S/C19H21N3O2/c23-18(10-9-15-6-2-1-3-7-15)22-13-11-16(14-22)21-19(24)17-8-4-5-12-20-17/h1-8,12,16H,9-11,13-14H2,(H,21,24). The Kier molecular flexibility index (Phi) is 5.21. The topological polar surface area (TPSA) is 62.3 Å². The lowest BCUT2D eigenvalue weighted by Crippen LogP contribution is -2.38. The lowest BCUT2D eigenvalue weighted by molar-refractivity contribution is -0.130. The van der Waals surface area contributed by atoms with Crippen LogP contribution in [0.5, 0.6) is 0 Å². The molecular weight excluding hydrogens is 302 g/mol. The molecule has 0 radical (unpaired) electrons. The summed E-state index contributed by atoms with van der Waals surface area (Å²) in [4.78, 5) is 30.3. The average Bonchev–Trinajstić information content (AvgIpc) is 3.10. The predicted molar refractivity (Wildman–Crippen MR) is 91.5 cm³/mol. The lowest BCUT2D eigenvalue weighted by Gasteiger charge is -2.17. The first-order chi connectivity index (χ1) is 11.7. The maximum absolute atomic E-state index is 12.3. The van der Waals surface area contributed by atoms with Crippen molar-refractivity contribution in [2.75, 3.05) is 13.1 Å². The van der Waals surface area contributed by atoms with Crippen molar-refractivity contribution in [3.8, 4) is 0 Å². The molecule has 124 valence electrons. The van der Waals surface area contributed by atoms with Crippen LogP contribution in [0.1, 0.15) is 28.9 Å². The SMILES string of the molecule is O=C(NC1CCN(C(=O)CCc2ccccc2)C1)c1ccccn1. The molecule has 2 amide bonds. The van der Waals surface area contributed by atoms with Crippen LogP contribution < -0.4 is 5.32 Å². The number of hydrogen-bond donors (Lipinski definition) is 1. The number of aryl methyl sites for hydroxylation is 1. The van der Waals surface area contributed by atoms with E-state index in [1.165, 1.54) is 5.56 Å². The van der Waals surface area contributed by atoms with Crippen molar-refractivity contribution >= 4 is 11.8 Å². The van der Waals surface area contributed by atoms with Gasteiger partial charge in [-0.3, -0.25) is 14.6 Å². The molecule has 0 bridgehead atoms. The van der Waals surface area contributed by atoms with Crippen LogP contribution in [-0.2, 0) is 11.2 Å². The van der Waals surface area contributed by atoms with Crippen LogP contribution in [0.25, 0.3) is 0 Å². The molecule has 2 heterocycles. The first kappa shape index (κ1) is 16.2. The van der Waals surface area contributed by atoms with E-state index in [2.05, 4.69) is 10.3 Å². The number of nitrogens with one attached hydrogen (secondary N) is 1. The zero-order chi connectivity index (χ0) is 16.8. The van der Waals surface area contributed by atoms with Gasteiger partial charge in [0.15, 0.2) is 0 Å². The molecule has 2 aromatic rings. The molecular formula is C19H21N3O2. The number of likely N-dealkylation sites (tertiary alicyclic amines) is 1. The summed E-state index contributed by atoms with van der Waals surface area (Å²) in [6.45, 7) is 1.27. The minimum Gasteiger partial charge on any atom is -0.346 e. The molecule has 3 rings (SSSR count). The molecule has 1 fully saturated rings. The summed E-state index contributed by atoms with van der Waals surface area (Å²) in [7, 11) is 0. The van der Waals surface area contributed by atoms with Gasteiger partial charge in [0.1, 0.15) is 5.69 Å². The highest BCUT2D eigenvalue weighted by atomic mass is 16.2. The van der Waals surface area contributed by atoms with Crippen molar-refractivity contribution < 1.29 is 9.59 Å². The normalized spacial score (nSPS) is 16.8. The summed E-state index contributed by atoms with van der Waals surface area (Å²) >= 11 is 0. The first-order valence-corrected chi connectivity index (χ1v) is 8.26. The Labute approximate surface area is 141 Å². The van der Waals surface area contributed by atoms with E-state index in [1.807, 2.05) is 35.2 Å².